The van der Waals surface area contributed by atoms with Gasteiger partial charge in [-0.25, -0.2) is 0 Å². The highest BCUT2D eigenvalue weighted by atomic mass is 16.5. The van der Waals surface area contributed by atoms with Crippen LogP contribution in [0.2, 0.25) is 0 Å². The highest BCUT2D eigenvalue weighted by Gasteiger charge is 2.08. The van der Waals surface area contributed by atoms with E-state index in [9.17, 15) is 0 Å². The van der Waals surface area contributed by atoms with Crippen LogP contribution in [-0.4, -0.2) is 7.11 Å². The first-order valence-corrected chi connectivity index (χ1v) is 7.17. The molecule has 1 nitrogen and oxygen atoms in total. The van der Waals surface area contributed by atoms with E-state index in [1.54, 1.807) is 7.11 Å². The van der Waals surface area contributed by atoms with Crippen molar-refractivity contribution in [1.29, 1.82) is 0 Å². The Morgan fingerprint density at radius 1 is 0.714 bits per heavy atom. The van der Waals surface area contributed by atoms with E-state index in [0.717, 1.165) is 5.75 Å². The first-order chi connectivity index (χ1) is 10.3. The molecule has 4 aromatic carbocycles. The van der Waals surface area contributed by atoms with E-state index < -0.39 is 0 Å². The van der Waals surface area contributed by atoms with Gasteiger partial charge in [-0.05, 0) is 56.9 Å². The van der Waals surface area contributed by atoms with Crippen LogP contribution < -0.4 is 4.74 Å². The summed E-state index contributed by atoms with van der Waals surface area (Å²) >= 11 is 0. The van der Waals surface area contributed by atoms with E-state index in [-0.39, 0.29) is 0 Å². The van der Waals surface area contributed by atoms with Crippen LogP contribution in [0.1, 0.15) is 5.56 Å². The molecule has 102 valence electrons. The molecule has 4 aromatic rings. The zero-order valence-electron chi connectivity index (χ0n) is 12.2. The van der Waals surface area contributed by atoms with Crippen molar-refractivity contribution in [3.8, 4) is 5.75 Å². The van der Waals surface area contributed by atoms with Crippen molar-refractivity contribution < 1.29 is 4.74 Å². The number of ether oxygens (including phenoxy) is 1. The van der Waals surface area contributed by atoms with Gasteiger partial charge in [0.05, 0.1) is 7.11 Å². The Morgan fingerprint density at radius 3 is 2.38 bits per heavy atom. The second-order valence-corrected chi connectivity index (χ2v) is 5.49. The van der Waals surface area contributed by atoms with E-state index in [1.165, 1.54) is 37.9 Å². The van der Waals surface area contributed by atoms with Crippen LogP contribution in [-0.2, 0) is 0 Å². The maximum absolute atomic E-state index is 5.41. The van der Waals surface area contributed by atoms with Gasteiger partial charge < -0.3 is 4.74 Å². The number of hydrogen-bond donors (Lipinski definition) is 0. The van der Waals surface area contributed by atoms with Crippen molar-refractivity contribution in [1.82, 2.24) is 0 Å². The van der Waals surface area contributed by atoms with Crippen LogP contribution in [0.25, 0.3) is 32.3 Å². The lowest BCUT2D eigenvalue weighted by Crippen LogP contribution is -1.87. The van der Waals surface area contributed by atoms with Crippen LogP contribution in [0.15, 0.2) is 60.7 Å². The van der Waals surface area contributed by atoms with Gasteiger partial charge in [0.2, 0.25) is 0 Å². The van der Waals surface area contributed by atoms with E-state index in [4.69, 9.17) is 4.74 Å². The highest BCUT2D eigenvalue weighted by molar-refractivity contribution is 6.21. The van der Waals surface area contributed by atoms with E-state index in [1.807, 2.05) is 6.07 Å². The van der Waals surface area contributed by atoms with Gasteiger partial charge in [0.25, 0.3) is 0 Å². The topological polar surface area (TPSA) is 9.23 Å². The van der Waals surface area contributed by atoms with E-state index >= 15 is 0 Å². The normalized spacial score (nSPS) is 11.3. The molecule has 4 rings (SSSR count). The summed E-state index contributed by atoms with van der Waals surface area (Å²) in [5.74, 6) is 0.903. The lowest BCUT2D eigenvalue weighted by atomic mass is 9.93. The molecule has 0 saturated carbocycles. The molecule has 0 atom stereocenters. The molecule has 0 N–H and O–H groups in total. The quantitative estimate of drug-likeness (QED) is 0.418. The van der Waals surface area contributed by atoms with Gasteiger partial charge in [-0.15, -0.1) is 0 Å². The molecule has 0 aliphatic carbocycles. The van der Waals surface area contributed by atoms with Gasteiger partial charge in [0.15, 0.2) is 0 Å². The third kappa shape index (κ3) is 1.78. The van der Waals surface area contributed by atoms with Crippen molar-refractivity contribution in [3.63, 3.8) is 0 Å². The monoisotopic (exact) mass is 272 g/mol. The summed E-state index contributed by atoms with van der Waals surface area (Å²) in [4.78, 5) is 0. The Kier molecular flexibility index (Phi) is 2.61. The maximum atomic E-state index is 5.41. The van der Waals surface area contributed by atoms with Crippen molar-refractivity contribution >= 4 is 32.3 Å². The summed E-state index contributed by atoms with van der Waals surface area (Å²) < 4.78 is 5.41. The molecule has 0 saturated heterocycles. The Balaban J connectivity index is 2.32. The molecule has 1 heteroatoms. The van der Waals surface area contributed by atoms with Crippen LogP contribution in [0.4, 0.5) is 0 Å². The van der Waals surface area contributed by atoms with Gasteiger partial charge in [-0.2, -0.15) is 0 Å². The SMILES string of the molecule is COc1ccc2cc(C)c3ccc4ccccc4c3c2c1. The second kappa shape index (κ2) is 4.49. The maximum Gasteiger partial charge on any atom is 0.119 e. The van der Waals surface area contributed by atoms with Gasteiger partial charge in [0.1, 0.15) is 5.75 Å². The zero-order chi connectivity index (χ0) is 14.4. The van der Waals surface area contributed by atoms with E-state index in [2.05, 4.69) is 61.5 Å². The number of fused-ring (bicyclic) bond motifs is 5. The fourth-order valence-corrected chi connectivity index (χ4v) is 3.21. The Labute approximate surface area is 123 Å². The van der Waals surface area contributed by atoms with Gasteiger partial charge >= 0.3 is 0 Å². The molecule has 0 radical (unpaired) electrons. The summed E-state index contributed by atoms with van der Waals surface area (Å²) in [5.41, 5.74) is 1.31. The van der Waals surface area contributed by atoms with Crippen LogP contribution >= 0.6 is 0 Å². The number of benzene rings is 4. The first kappa shape index (κ1) is 12.2. The molecule has 0 unspecified atom stereocenters. The minimum absolute atomic E-state index is 0.903. The van der Waals surface area contributed by atoms with Crippen molar-refractivity contribution in [2.24, 2.45) is 0 Å². The molecule has 0 heterocycles. The molecular formula is C20H16O. The van der Waals surface area contributed by atoms with Crippen LogP contribution in [0.3, 0.4) is 0 Å². The fraction of sp³-hybridized carbons (Fsp3) is 0.100. The molecule has 0 spiro atoms. The van der Waals surface area contributed by atoms with Crippen molar-refractivity contribution in [2.45, 2.75) is 6.92 Å². The largest absolute Gasteiger partial charge is 0.497 e. The summed E-state index contributed by atoms with van der Waals surface area (Å²) in [5, 5.41) is 7.73. The molecule has 0 aromatic heterocycles. The highest BCUT2D eigenvalue weighted by Crippen LogP contribution is 2.35. The summed E-state index contributed by atoms with van der Waals surface area (Å²) in [6, 6.07) is 21.6. The Bertz CT molecular complexity index is 983. The Morgan fingerprint density at radius 2 is 1.52 bits per heavy atom. The van der Waals surface area contributed by atoms with Gasteiger partial charge in [-0.1, -0.05) is 48.5 Å². The summed E-state index contributed by atoms with van der Waals surface area (Å²) in [6.45, 7) is 2.18. The van der Waals surface area contributed by atoms with Crippen molar-refractivity contribution in [2.75, 3.05) is 7.11 Å². The Hall–Kier alpha value is -2.54. The van der Waals surface area contributed by atoms with Crippen molar-refractivity contribution in [3.05, 3.63) is 66.2 Å². The summed E-state index contributed by atoms with van der Waals surface area (Å²) in [6.07, 6.45) is 0. The smallest absolute Gasteiger partial charge is 0.119 e. The average molecular weight is 272 g/mol. The van der Waals surface area contributed by atoms with E-state index in [0.29, 0.717) is 0 Å². The van der Waals surface area contributed by atoms with Crippen LogP contribution in [0, 0.1) is 6.92 Å². The summed E-state index contributed by atoms with van der Waals surface area (Å²) in [7, 11) is 1.72. The van der Waals surface area contributed by atoms with Crippen LogP contribution in [0.5, 0.6) is 5.75 Å². The molecule has 0 bridgehead atoms. The van der Waals surface area contributed by atoms with Gasteiger partial charge in [0, 0.05) is 0 Å². The molecular weight excluding hydrogens is 256 g/mol. The number of rotatable bonds is 1. The number of methoxy groups -OCH3 is 1. The third-order valence-corrected chi connectivity index (χ3v) is 4.26. The molecule has 0 amide bonds. The molecule has 0 fully saturated rings. The number of aryl methyl sites for hydroxylation is 1. The van der Waals surface area contributed by atoms with Gasteiger partial charge in [-0.3, -0.25) is 0 Å². The standard InChI is InChI=1S/C20H16O/c1-13-11-15-7-9-16(21-2)12-19(15)20-17(13)10-8-14-5-3-4-6-18(14)20/h3-12H,1-2H3. The predicted octanol–water partition coefficient (Wildman–Crippen LogP) is 5.46. The lowest BCUT2D eigenvalue weighted by molar-refractivity contribution is 0.415. The average Bonchev–Trinajstić information content (AvgIpc) is 2.54. The number of hydrogen-bond acceptors (Lipinski definition) is 1. The third-order valence-electron chi connectivity index (χ3n) is 4.26. The fourth-order valence-electron chi connectivity index (χ4n) is 3.21. The minimum atomic E-state index is 0.903. The second-order valence-electron chi connectivity index (χ2n) is 5.49. The molecule has 21 heavy (non-hydrogen) atoms. The predicted molar refractivity (Wildman–Crippen MR) is 90.2 cm³/mol. The zero-order valence-corrected chi connectivity index (χ0v) is 12.2. The minimum Gasteiger partial charge on any atom is -0.497 e. The molecule has 0 aliphatic heterocycles. The lowest BCUT2D eigenvalue weighted by Gasteiger charge is -2.12. The molecule has 0 aliphatic rings. The first-order valence-electron chi connectivity index (χ1n) is 7.17.